The maximum Gasteiger partial charge on any atom is 0.240 e. The van der Waals surface area contributed by atoms with Gasteiger partial charge >= 0.3 is 0 Å². The van der Waals surface area contributed by atoms with Crippen molar-refractivity contribution in [3.8, 4) is 28.0 Å². The molecule has 0 aliphatic rings. The summed E-state index contributed by atoms with van der Waals surface area (Å²) >= 11 is 1.58. The van der Waals surface area contributed by atoms with E-state index >= 15 is 0 Å². The second kappa shape index (κ2) is 9.69. The van der Waals surface area contributed by atoms with Crippen LogP contribution in [0.3, 0.4) is 0 Å². The van der Waals surface area contributed by atoms with Gasteiger partial charge in [-0.2, -0.15) is 0 Å². The number of para-hydroxylation sites is 1. The lowest BCUT2D eigenvalue weighted by Gasteiger charge is -2.09. The van der Waals surface area contributed by atoms with Gasteiger partial charge < -0.3 is 9.47 Å². The van der Waals surface area contributed by atoms with Gasteiger partial charge in [0.2, 0.25) is 15.9 Å². The molecule has 2 aromatic carbocycles. The molecule has 4 rings (SSSR count). The predicted octanol–water partition coefficient (Wildman–Crippen LogP) is 4.35. The van der Waals surface area contributed by atoms with Gasteiger partial charge in [0.25, 0.3) is 0 Å². The third-order valence-electron chi connectivity index (χ3n) is 4.17. The van der Waals surface area contributed by atoms with Crippen molar-refractivity contribution in [3.05, 3.63) is 84.2 Å². The van der Waals surface area contributed by atoms with Crippen LogP contribution in [0.2, 0.25) is 0 Å². The molecule has 31 heavy (non-hydrogen) atoms. The molecule has 0 amide bonds. The molecule has 1 N–H and O–H groups in total. The van der Waals surface area contributed by atoms with Crippen LogP contribution in [0.25, 0.3) is 10.6 Å². The number of aromatic nitrogens is 2. The minimum Gasteiger partial charge on any atom is -0.475 e. The second-order valence-corrected chi connectivity index (χ2v) is 9.08. The fraction of sp³-hybridized carbons (Fsp3) is 0.0909. The van der Waals surface area contributed by atoms with E-state index in [2.05, 4.69) is 14.9 Å². The van der Waals surface area contributed by atoms with Gasteiger partial charge in [-0.3, -0.25) is 0 Å². The number of sulfonamides is 1. The molecule has 4 aromatic rings. The molecule has 0 fully saturated rings. The van der Waals surface area contributed by atoms with E-state index in [1.54, 1.807) is 29.5 Å². The van der Waals surface area contributed by atoms with E-state index in [1.807, 2.05) is 53.9 Å². The Labute approximate surface area is 184 Å². The molecule has 2 heterocycles. The minimum absolute atomic E-state index is 0.0962. The van der Waals surface area contributed by atoms with Crippen LogP contribution in [-0.4, -0.2) is 31.8 Å². The first-order valence-electron chi connectivity index (χ1n) is 9.43. The molecule has 0 saturated heterocycles. The van der Waals surface area contributed by atoms with Gasteiger partial charge in [0.05, 0.1) is 9.77 Å². The zero-order chi connectivity index (χ0) is 21.5. The van der Waals surface area contributed by atoms with Crippen molar-refractivity contribution in [1.82, 2.24) is 14.9 Å². The number of benzene rings is 2. The van der Waals surface area contributed by atoms with Crippen molar-refractivity contribution in [3.63, 3.8) is 0 Å². The van der Waals surface area contributed by atoms with Gasteiger partial charge in [-0.25, -0.2) is 13.1 Å². The van der Waals surface area contributed by atoms with Gasteiger partial charge in [0.1, 0.15) is 23.8 Å². The topological polar surface area (TPSA) is 90.4 Å². The predicted molar refractivity (Wildman–Crippen MR) is 119 cm³/mol. The number of nitrogens with zero attached hydrogens (tertiary/aromatic N) is 2. The lowest BCUT2D eigenvalue weighted by Crippen LogP contribution is -2.28. The van der Waals surface area contributed by atoms with Crippen LogP contribution in [-0.2, 0) is 10.0 Å². The Morgan fingerprint density at radius 2 is 1.61 bits per heavy atom. The van der Waals surface area contributed by atoms with Gasteiger partial charge in [-0.1, -0.05) is 24.3 Å². The molecule has 0 unspecified atom stereocenters. The molecule has 0 aliphatic carbocycles. The fourth-order valence-electron chi connectivity index (χ4n) is 2.68. The molecule has 0 atom stereocenters. The summed E-state index contributed by atoms with van der Waals surface area (Å²) in [6, 6.07) is 22.9. The Hall–Kier alpha value is -3.27. The quantitative estimate of drug-likeness (QED) is 0.379. The lowest BCUT2D eigenvalue weighted by atomic mass is 10.3. The van der Waals surface area contributed by atoms with Crippen LogP contribution in [0, 0.1) is 0 Å². The smallest absolute Gasteiger partial charge is 0.240 e. The summed E-state index contributed by atoms with van der Waals surface area (Å²) in [5, 5.41) is 10.1. The van der Waals surface area contributed by atoms with Crippen LogP contribution in [0.4, 0.5) is 0 Å². The third kappa shape index (κ3) is 5.66. The molecule has 2 aromatic heterocycles. The van der Waals surface area contributed by atoms with Crippen LogP contribution in [0.1, 0.15) is 0 Å². The van der Waals surface area contributed by atoms with Gasteiger partial charge in [0.15, 0.2) is 0 Å². The summed E-state index contributed by atoms with van der Waals surface area (Å²) in [6.07, 6.45) is 0. The molecule has 0 aliphatic heterocycles. The van der Waals surface area contributed by atoms with E-state index in [0.29, 0.717) is 17.4 Å². The van der Waals surface area contributed by atoms with Gasteiger partial charge in [-0.15, -0.1) is 21.5 Å². The normalized spacial score (nSPS) is 11.2. The van der Waals surface area contributed by atoms with Crippen molar-refractivity contribution in [2.45, 2.75) is 4.90 Å². The number of ether oxygens (including phenoxy) is 2. The van der Waals surface area contributed by atoms with Crippen LogP contribution >= 0.6 is 11.3 Å². The Morgan fingerprint density at radius 3 is 2.29 bits per heavy atom. The first kappa shape index (κ1) is 21.0. The molecule has 9 heteroatoms. The largest absolute Gasteiger partial charge is 0.475 e. The van der Waals surface area contributed by atoms with E-state index < -0.39 is 10.0 Å². The Kier molecular flexibility index (Phi) is 6.56. The Balaban J connectivity index is 1.27. The molecule has 0 saturated carbocycles. The summed E-state index contributed by atoms with van der Waals surface area (Å²) in [7, 11) is -3.66. The Bertz CT molecular complexity index is 1200. The molecule has 0 bridgehead atoms. The highest BCUT2D eigenvalue weighted by molar-refractivity contribution is 7.89. The number of rotatable bonds is 9. The molecule has 158 valence electrons. The highest BCUT2D eigenvalue weighted by Gasteiger charge is 2.13. The molecular weight excluding hydrogens is 434 g/mol. The standard InChI is InChI=1S/C22H19N3O4S2/c26-31(27,19-10-8-18(9-11-19)29-17-5-2-1-3-6-17)23-14-15-28-22-13-12-20(24-25-22)21-7-4-16-30-21/h1-13,16,23H,14-15H2. The van der Waals surface area contributed by atoms with E-state index in [9.17, 15) is 8.42 Å². The zero-order valence-corrected chi connectivity index (χ0v) is 18.0. The van der Waals surface area contributed by atoms with E-state index in [1.165, 1.54) is 12.1 Å². The number of hydrogen-bond acceptors (Lipinski definition) is 7. The third-order valence-corrected chi connectivity index (χ3v) is 6.54. The van der Waals surface area contributed by atoms with Gasteiger partial charge in [0, 0.05) is 12.6 Å². The molecular formula is C22H19N3O4S2. The van der Waals surface area contributed by atoms with Crippen molar-refractivity contribution >= 4 is 21.4 Å². The highest BCUT2D eigenvalue weighted by atomic mass is 32.2. The number of hydrogen-bond donors (Lipinski definition) is 1. The molecule has 7 nitrogen and oxygen atoms in total. The van der Waals surface area contributed by atoms with E-state index in [4.69, 9.17) is 9.47 Å². The van der Waals surface area contributed by atoms with Crippen molar-refractivity contribution in [2.24, 2.45) is 0 Å². The number of thiophene rings is 1. The van der Waals surface area contributed by atoms with E-state index in [-0.39, 0.29) is 18.0 Å². The van der Waals surface area contributed by atoms with Crippen molar-refractivity contribution < 1.29 is 17.9 Å². The first-order valence-corrected chi connectivity index (χ1v) is 11.8. The second-order valence-electron chi connectivity index (χ2n) is 6.37. The first-order chi connectivity index (χ1) is 15.1. The summed E-state index contributed by atoms with van der Waals surface area (Å²) in [5.41, 5.74) is 0.766. The highest BCUT2D eigenvalue weighted by Crippen LogP contribution is 2.23. The maximum absolute atomic E-state index is 12.5. The average molecular weight is 454 g/mol. The summed E-state index contributed by atoms with van der Waals surface area (Å²) < 4.78 is 38.6. The van der Waals surface area contributed by atoms with Crippen LogP contribution in [0.5, 0.6) is 17.4 Å². The molecule has 0 spiro atoms. The fourth-order valence-corrected chi connectivity index (χ4v) is 4.38. The van der Waals surface area contributed by atoms with Crippen LogP contribution in [0.15, 0.2) is 89.1 Å². The summed E-state index contributed by atoms with van der Waals surface area (Å²) in [4.78, 5) is 1.17. The van der Waals surface area contributed by atoms with Crippen LogP contribution < -0.4 is 14.2 Å². The SMILES string of the molecule is O=S(=O)(NCCOc1ccc(-c2cccs2)nn1)c1ccc(Oc2ccccc2)cc1. The zero-order valence-electron chi connectivity index (χ0n) is 16.3. The van der Waals surface area contributed by atoms with Crippen molar-refractivity contribution in [1.29, 1.82) is 0 Å². The molecule has 0 radical (unpaired) electrons. The lowest BCUT2D eigenvalue weighted by molar-refractivity contribution is 0.307. The number of nitrogens with one attached hydrogen (secondary N) is 1. The summed E-state index contributed by atoms with van der Waals surface area (Å²) in [5.74, 6) is 1.57. The Morgan fingerprint density at radius 1 is 0.839 bits per heavy atom. The van der Waals surface area contributed by atoms with E-state index in [0.717, 1.165) is 10.6 Å². The monoisotopic (exact) mass is 453 g/mol. The average Bonchev–Trinajstić information content (AvgIpc) is 3.33. The van der Waals surface area contributed by atoms with Gasteiger partial charge in [-0.05, 0) is 53.9 Å². The van der Waals surface area contributed by atoms with Crippen molar-refractivity contribution in [2.75, 3.05) is 13.2 Å². The maximum atomic E-state index is 12.5. The minimum atomic E-state index is -3.66. The summed E-state index contributed by atoms with van der Waals surface area (Å²) in [6.45, 7) is 0.223.